The first kappa shape index (κ1) is 15.5. The SMILES string of the molecule is CN(C)c1cc[c-]c(-n2cc(-c3ccccc3)cn2)c1.[Ir]. The fourth-order valence-electron chi connectivity index (χ4n) is 2.09. The number of hydrogen-bond donors (Lipinski definition) is 0. The molecule has 21 heavy (non-hydrogen) atoms. The quantitative estimate of drug-likeness (QED) is 0.566. The van der Waals surface area contributed by atoms with E-state index in [0.717, 1.165) is 16.9 Å². The summed E-state index contributed by atoms with van der Waals surface area (Å²) in [5.74, 6) is 0. The van der Waals surface area contributed by atoms with Gasteiger partial charge in [0, 0.05) is 46.0 Å². The van der Waals surface area contributed by atoms with Gasteiger partial charge in [0.1, 0.15) is 0 Å². The third kappa shape index (κ3) is 3.41. The normalized spacial score (nSPS) is 10.0. The van der Waals surface area contributed by atoms with Crippen molar-refractivity contribution in [3.63, 3.8) is 0 Å². The zero-order chi connectivity index (χ0) is 13.9. The average Bonchev–Trinajstić information content (AvgIpc) is 2.98. The summed E-state index contributed by atoms with van der Waals surface area (Å²) in [5.41, 5.74) is 4.35. The monoisotopic (exact) mass is 455 g/mol. The standard InChI is InChI=1S/C17H16N3.Ir/c1-19(2)16-9-6-10-17(11-16)20-13-15(12-18-20)14-7-4-3-5-8-14;/h3-9,11-13H,1-2H3;/q-1;. The van der Waals surface area contributed by atoms with Crippen LogP contribution in [0.5, 0.6) is 0 Å². The van der Waals surface area contributed by atoms with Crippen LogP contribution in [-0.4, -0.2) is 23.9 Å². The van der Waals surface area contributed by atoms with Crippen molar-refractivity contribution >= 4 is 5.69 Å². The van der Waals surface area contributed by atoms with Crippen LogP contribution in [0.3, 0.4) is 0 Å². The van der Waals surface area contributed by atoms with Crippen LogP contribution < -0.4 is 4.90 Å². The summed E-state index contributed by atoms with van der Waals surface area (Å²) < 4.78 is 1.86. The van der Waals surface area contributed by atoms with Gasteiger partial charge in [-0.1, -0.05) is 36.0 Å². The molecule has 0 aliphatic heterocycles. The molecule has 1 radical (unpaired) electrons. The van der Waals surface area contributed by atoms with Gasteiger partial charge in [0.25, 0.3) is 0 Å². The van der Waals surface area contributed by atoms with Crippen LogP contribution in [0.4, 0.5) is 5.69 Å². The predicted octanol–water partition coefficient (Wildman–Crippen LogP) is 3.40. The predicted molar refractivity (Wildman–Crippen MR) is 82.2 cm³/mol. The first-order valence-corrected chi connectivity index (χ1v) is 6.53. The summed E-state index contributed by atoms with van der Waals surface area (Å²) in [5, 5.41) is 4.43. The topological polar surface area (TPSA) is 21.1 Å². The molecule has 0 N–H and O–H groups in total. The van der Waals surface area contributed by atoms with Crippen LogP contribution in [0.1, 0.15) is 0 Å². The van der Waals surface area contributed by atoms with Gasteiger partial charge in [-0.05, 0) is 11.3 Å². The molecule has 0 saturated carbocycles. The van der Waals surface area contributed by atoms with Crippen LogP contribution in [0.25, 0.3) is 16.8 Å². The van der Waals surface area contributed by atoms with Crippen molar-refractivity contribution in [2.45, 2.75) is 0 Å². The van der Waals surface area contributed by atoms with Gasteiger partial charge < -0.3 is 4.90 Å². The number of hydrogen-bond acceptors (Lipinski definition) is 2. The van der Waals surface area contributed by atoms with E-state index in [1.54, 1.807) is 0 Å². The van der Waals surface area contributed by atoms with Gasteiger partial charge in [0.05, 0.1) is 6.20 Å². The molecule has 0 saturated heterocycles. The third-order valence-corrected chi connectivity index (χ3v) is 3.22. The Morgan fingerprint density at radius 1 is 1.05 bits per heavy atom. The molecule has 1 heterocycles. The van der Waals surface area contributed by atoms with E-state index >= 15 is 0 Å². The number of rotatable bonds is 3. The minimum atomic E-state index is 0. The molecule has 2 aromatic carbocycles. The van der Waals surface area contributed by atoms with E-state index in [1.165, 1.54) is 5.56 Å². The van der Waals surface area contributed by atoms with Crippen LogP contribution >= 0.6 is 0 Å². The van der Waals surface area contributed by atoms with Crippen molar-refractivity contribution in [3.05, 3.63) is 67.0 Å². The number of benzene rings is 2. The van der Waals surface area contributed by atoms with Gasteiger partial charge in [-0.3, -0.25) is 4.68 Å². The molecule has 0 bridgehead atoms. The third-order valence-electron chi connectivity index (χ3n) is 3.22. The van der Waals surface area contributed by atoms with E-state index < -0.39 is 0 Å². The molecule has 0 aliphatic rings. The minimum Gasteiger partial charge on any atom is -0.399 e. The van der Waals surface area contributed by atoms with Gasteiger partial charge in [-0.15, -0.1) is 12.1 Å². The number of aromatic nitrogens is 2. The van der Waals surface area contributed by atoms with E-state index in [9.17, 15) is 0 Å². The molecule has 0 spiro atoms. The van der Waals surface area contributed by atoms with E-state index in [1.807, 2.05) is 61.5 Å². The number of nitrogens with zero attached hydrogens (tertiary/aromatic N) is 3. The van der Waals surface area contributed by atoms with Crippen molar-refractivity contribution in [2.75, 3.05) is 19.0 Å². The largest absolute Gasteiger partial charge is 0.399 e. The van der Waals surface area contributed by atoms with Crippen LogP contribution in [0.15, 0.2) is 60.9 Å². The van der Waals surface area contributed by atoms with Gasteiger partial charge in [0.15, 0.2) is 0 Å². The average molecular weight is 455 g/mol. The molecule has 1 aromatic heterocycles. The second kappa shape index (κ2) is 6.70. The molecule has 109 valence electrons. The number of anilines is 1. The molecule has 3 rings (SSSR count). The molecular weight excluding hydrogens is 438 g/mol. The molecular formula is C17H16IrN3-. The van der Waals surface area contributed by atoms with Crippen molar-refractivity contribution in [3.8, 4) is 16.8 Å². The fourth-order valence-corrected chi connectivity index (χ4v) is 2.09. The Labute approximate surface area is 138 Å². The Bertz CT molecular complexity index is 705. The van der Waals surface area contributed by atoms with Gasteiger partial charge in [0.2, 0.25) is 0 Å². The smallest absolute Gasteiger partial charge is 0.0571 e. The molecule has 3 nitrogen and oxygen atoms in total. The summed E-state index contributed by atoms with van der Waals surface area (Å²) >= 11 is 0. The minimum absolute atomic E-state index is 0. The maximum Gasteiger partial charge on any atom is 0.0571 e. The second-order valence-electron chi connectivity index (χ2n) is 4.87. The maximum absolute atomic E-state index is 4.43. The Hall–Kier alpha value is -1.90. The summed E-state index contributed by atoms with van der Waals surface area (Å²) in [6.45, 7) is 0. The summed E-state index contributed by atoms with van der Waals surface area (Å²) in [4.78, 5) is 2.07. The zero-order valence-electron chi connectivity index (χ0n) is 11.9. The molecule has 0 atom stereocenters. The van der Waals surface area contributed by atoms with Crippen LogP contribution in [-0.2, 0) is 20.1 Å². The van der Waals surface area contributed by atoms with Gasteiger partial charge in [-0.25, -0.2) is 0 Å². The van der Waals surface area contributed by atoms with Crippen molar-refractivity contribution < 1.29 is 20.1 Å². The Morgan fingerprint density at radius 3 is 2.52 bits per heavy atom. The Balaban J connectivity index is 0.00000161. The van der Waals surface area contributed by atoms with Gasteiger partial charge in [-0.2, -0.15) is 17.2 Å². The van der Waals surface area contributed by atoms with Crippen molar-refractivity contribution in [2.24, 2.45) is 0 Å². The van der Waals surface area contributed by atoms with Crippen LogP contribution in [0, 0.1) is 6.07 Å². The van der Waals surface area contributed by atoms with Crippen LogP contribution in [0.2, 0.25) is 0 Å². The zero-order valence-corrected chi connectivity index (χ0v) is 14.3. The van der Waals surface area contributed by atoms with E-state index in [-0.39, 0.29) is 20.1 Å². The van der Waals surface area contributed by atoms with Gasteiger partial charge >= 0.3 is 0 Å². The Kier molecular flexibility index (Phi) is 4.94. The van der Waals surface area contributed by atoms with E-state index in [0.29, 0.717) is 0 Å². The first-order valence-electron chi connectivity index (χ1n) is 6.53. The van der Waals surface area contributed by atoms with Crippen molar-refractivity contribution in [1.29, 1.82) is 0 Å². The molecule has 4 heteroatoms. The summed E-state index contributed by atoms with van der Waals surface area (Å²) in [6.07, 6.45) is 3.91. The summed E-state index contributed by atoms with van der Waals surface area (Å²) in [7, 11) is 4.05. The van der Waals surface area contributed by atoms with Crippen molar-refractivity contribution in [1.82, 2.24) is 9.78 Å². The molecule has 3 aromatic rings. The molecule has 0 aliphatic carbocycles. The maximum atomic E-state index is 4.43. The molecule has 0 amide bonds. The second-order valence-corrected chi connectivity index (χ2v) is 4.87. The first-order chi connectivity index (χ1) is 9.74. The Morgan fingerprint density at radius 2 is 1.81 bits per heavy atom. The van der Waals surface area contributed by atoms with E-state index in [2.05, 4.69) is 34.3 Å². The molecule has 0 fully saturated rings. The fraction of sp³-hybridized carbons (Fsp3) is 0.118. The molecule has 0 unspecified atom stereocenters. The summed E-state index contributed by atoms with van der Waals surface area (Å²) in [6, 6.07) is 19.5. The van der Waals surface area contributed by atoms with E-state index in [4.69, 9.17) is 0 Å².